The zero-order chi connectivity index (χ0) is 91.0. The molecule has 2 fully saturated rings. The Balaban J connectivity index is 0.979. The van der Waals surface area contributed by atoms with E-state index in [1.165, 1.54) is 19.1 Å². The molecule has 0 saturated carbocycles. The number of aromatic amines is 1. The van der Waals surface area contributed by atoms with Crippen molar-refractivity contribution >= 4 is 144 Å². The molecule has 39 nitrogen and oxygen atoms in total. The number of carbonyl (C=O) groups is 14. The summed E-state index contributed by atoms with van der Waals surface area (Å²) in [5.74, 6) is -12.6. The van der Waals surface area contributed by atoms with E-state index in [1.807, 2.05) is 36.4 Å². The number of carbonyl (C=O) groups excluding carboxylic acids is 11. The molecule has 126 heavy (non-hydrogen) atoms. The zero-order valence-electron chi connectivity index (χ0n) is 69.9. The molecule has 0 unspecified atom stereocenters. The summed E-state index contributed by atoms with van der Waals surface area (Å²) < 4.78 is 17.1. The van der Waals surface area contributed by atoms with Gasteiger partial charge in [0.05, 0.1) is 71.9 Å². The number of para-hydroxylation sites is 1. The Hall–Kier alpha value is -11.1. The van der Waals surface area contributed by atoms with Gasteiger partial charge in [-0.05, 0) is 96.1 Å². The van der Waals surface area contributed by atoms with Crippen molar-refractivity contribution in [1.29, 1.82) is 0 Å². The lowest BCUT2D eigenvalue weighted by Crippen LogP contribution is -2.62. The summed E-state index contributed by atoms with van der Waals surface area (Å²) in [6.07, 6.45) is -0.528. The first-order valence-corrected chi connectivity index (χ1v) is 44.1. The number of urea groups is 1. The number of benzene rings is 5. The molecular weight excluding hydrogens is 1700 g/mol. The van der Waals surface area contributed by atoms with Crippen molar-refractivity contribution in [3.63, 3.8) is 0 Å². The number of fused-ring (bicyclic) bond motifs is 2. The lowest BCUT2D eigenvalue weighted by atomic mass is 10.0. The van der Waals surface area contributed by atoms with Gasteiger partial charge in [-0.25, -0.2) is 4.79 Å². The highest BCUT2D eigenvalue weighted by Crippen LogP contribution is 2.26. The summed E-state index contributed by atoms with van der Waals surface area (Å²) in [4.78, 5) is 203. The van der Waals surface area contributed by atoms with Crippen molar-refractivity contribution in [2.45, 2.75) is 113 Å². The van der Waals surface area contributed by atoms with Crippen molar-refractivity contribution < 1.29 is 102 Å². The van der Waals surface area contributed by atoms with Crippen molar-refractivity contribution in [2.75, 3.05) is 148 Å². The minimum absolute atomic E-state index is 0.0233. The van der Waals surface area contributed by atoms with Crippen LogP contribution in [-0.4, -0.2) is 325 Å². The number of halogens is 1. The molecule has 2 aliphatic rings. The molecule has 684 valence electrons. The van der Waals surface area contributed by atoms with Crippen molar-refractivity contribution in [1.82, 2.24) is 72.4 Å². The molecule has 21 N–H and O–H groups in total. The van der Waals surface area contributed by atoms with Crippen LogP contribution in [0.4, 0.5) is 10.5 Å². The second-order valence-electron chi connectivity index (χ2n) is 30.4. The number of H-pyrrole nitrogens is 1. The van der Waals surface area contributed by atoms with Gasteiger partial charge in [-0.2, -0.15) is 0 Å². The number of carboxylic acid groups (broad SMARTS) is 3. The van der Waals surface area contributed by atoms with Crippen molar-refractivity contribution in [3.8, 4) is 0 Å². The van der Waals surface area contributed by atoms with Crippen LogP contribution in [0.1, 0.15) is 54.9 Å². The van der Waals surface area contributed by atoms with Crippen LogP contribution in [0.5, 0.6) is 0 Å². The molecule has 0 spiro atoms. The molecule has 9 atom stereocenters. The number of anilines is 1. The van der Waals surface area contributed by atoms with Gasteiger partial charge < -0.3 is 110 Å². The maximum absolute atomic E-state index is 15.5. The number of carboxylic acids is 3. The molecule has 0 aliphatic carbocycles. The number of amides is 12. The van der Waals surface area contributed by atoms with E-state index in [1.54, 1.807) is 92.5 Å². The molecule has 2 saturated heterocycles. The number of ether oxygens (including phenoxy) is 3. The average molecular weight is 1810 g/mol. The Kier molecular flexibility index (Phi) is 42.0. The smallest absolute Gasteiger partial charge is 0.317 e. The van der Waals surface area contributed by atoms with Gasteiger partial charge in [-0.1, -0.05) is 118 Å². The molecule has 6 aromatic rings. The Morgan fingerprint density at radius 1 is 0.548 bits per heavy atom. The van der Waals surface area contributed by atoms with Crippen LogP contribution in [-0.2, 0) is 102 Å². The number of hydrogen-bond acceptors (Lipinski definition) is 25. The van der Waals surface area contributed by atoms with Crippen LogP contribution in [0.3, 0.4) is 0 Å². The fourth-order valence-corrected chi connectivity index (χ4v) is 16.3. The van der Waals surface area contributed by atoms with E-state index in [2.05, 4.69) is 58.2 Å². The van der Waals surface area contributed by atoms with Crippen molar-refractivity contribution in [3.05, 3.63) is 149 Å². The third-order valence-electron chi connectivity index (χ3n) is 20.6. The zero-order valence-corrected chi connectivity index (χ0v) is 72.3. The van der Waals surface area contributed by atoms with Gasteiger partial charge in [0.2, 0.25) is 59.1 Å². The number of hydrogen-bond donors (Lipinski definition) is 18. The van der Waals surface area contributed by atoms with Gasteiger partial charge in [0.25, 0.3) is 0 Å². The number of aromatic nitrogens is 1. The number of aliphatic hydroxyl groups is 1. The minimum Gasteiger partial charge on any atom is -0.480 e. The van der Waals surface area contributed by atoms with Crippen LogP contribution < -0.4 is 70.4 Å². The second kappa shape index (κ2) is 52.8. The number of unbranched alkanes of at least 4 members (excludes halogenated alkanes) is 1. The van der Waals surface area contributed by atoms with Crippen LogP contribution in [0.15, 0.2) is 121 Å². The van der Waals surface area contributed by atoms with E-state index < -0.39 is 132 Å². The van der Waals surface area contributed by atoms with E-state index in [0.29, 0.717) is 44.6 Å². The Bertz CT molecular complexity index is 4620. The fourth-order valence-electron chi connectivity index (χ4n) is 13.9. The standard InChI is InChI=1S/C84H113ClN18O21S2/c1-52(104)75-83(120)98-69(81(118)94-64(76(87)113)43-55-13-18-56-8-2-3-9-57(56)40-55)51-126-125-50-68(82(119)95-66(42-54-16-21-60(22-17-54)91-84(88)121)79(116)96-67(44-58-45-90-62-11-5-4-10-61(58)62)80(117)93-63(77(114)99-75)12-6-7-24-86)97-78(115)65(41-53-14-19-59(85)20-15-53)92-70(105)23-34-122-36-38-124-39-37-123-35-25-89-71(106)46-100-26-28-101(47-72(107)108)30-32-103(49-74(111)112)33-31-102(29-27-100)48-73(109)110/h2-5,8-11,13-22,40,45,52,63-69,75,90,104H,6-7,12,23-39,41-44,46-51,86H2,1H3,(H2,87,113)(H,89,106)(H,92,105)(H,93,117)(H,94,118)(H,95,119)(H,96,116)(H,97,115)(H,98,120)(H,99,114)(H,107,108)(H,109,110)(H,111,112)(H3,88,91,121)/t52-,63+,64+,65+,66+,67-,68-,69+,75+/m1/s1. The van der Waals surface area contributed by atoms with Crippen LogP contribution in [0.2, 0.25) is 5.02 Å². The Labute approximate surface area is 740 Å². The number of nitrogens with one attached hydrogen (secondary N) is 11. The maximum atomic E-state index is 15.5. The lowest BCUT2D eigenvalue weighted by Gasteiger charge is -2.32. The number of rotatable bonds is 40. The monoisotopic (exact) mass is 1810 g/mol. The highest BCUT2D eigenvalue weighted by Gasteiger charge is 2.38. The van der Waals surface area contributed by atoms with Gasteiger partial charge in [-0.15, -0.1) is 0 Å². The first-order valence-electron chi connectivity index (χ1n) is 41.3. The van der Waals surface area contributed by atoms with Gasteiger partial charge >= 0.3 is 23.9 Å². The molecular formula is C84H113ClN18O21S2. The Morgan fingerprint density at radius 3 is 1.68 bits per heavy atom. The third-order valence-corrected chi connectivity index (χ3v) is 23.2. The molecule has 0 bridgehead atoms. The number of primary amides is 2. The van der Waals surface area contributed by atoms with Crippen molar-refractivity contribution in [2.24, 2.45) is 17.2 Å². The van der Waals surface area contributed by atoms with E-state index in [-0.39, 0.29) is 199 Å². The van der Waals surface area contributed by atoms with Gasteiger partial charge in [-0.3, -0.25) is 81.9 Å². The molecule has 12 amide bonds. The first-order chi connectivity index (χ1) is 60.4. The average Bonchev–Trinajstić information content (AvgIpc) is 1.65. The molecule has 3 heterocycles. The third kappa shape index (κ3) is 35.4. The molecule has 8 rings (SSSR count). The van der Waals surface area contributed by atoms with E-state index >= 15 is 19.2 Å². The maximum Gasteiger partial charge on any atom is 0.317 e. The number of aliphatic carboxylic acids is 3. The molecule has 0 radical (unpaired) electrons. The number of nitrogens with two attached hydrogens (primary N) is 3. The van der Waals surface area contributed by atoms with E-state index in [9.17, 15) is 68.4 Å². The predicted octanol–water partition coefficient (Wildman–Crippen LogP) is -0.964. The van der Waals surface area contributed by atoms with E-state index in [0.717, 1.165) is 32.4 Å². The predicted molar refractivity (Wildman–Crippen MR) is 471 cm³/mol. The normalized spacial score (nSPS) is 19.4. The van der Waals surface area contributed by atoms with Crippen LogP contribution in [0.25, 0.3) is 21.7 Å². The minimum atomic E-state index is -1.81. The molecule has 42 heteroatoms. The fraction of sp³-hybridized carbons (Fsp3) is 0.476. The Morgan fingerprint density at radius 2 is 1.08 bits per heavy atom. The van der Waals surface area contributed by atoms with Gasteiger partial charge in [0.15, 0.2) is 0 Å². The number of aliphatic hydroxyl groups excluding tert-OH is 1. The first kappa shape index (κ1) is 100. The second-order valence-corrected chi connectivity index (χ2v) is 33.4. The summed E-state index contributed by atoms with van der Waals surface area (Å²) in [7, 11) is 1.82. The SMILES string of the molecule is C[C@@H](O)[C@@H]1NC(=O)[C@H](CCCCN)NC(=O)[C@@H](Cc2c[nH]c3ccccc23)NC(=O)[C@H](Cc2ccc(NC(N)=O)cc2)NC(=O)[C@H](NC(=O)[C@H](Cc2ccc(Cl)cc2)NC(=O)CCOCCOCCOCCNC(=O)CN2CCN(CC(=O)O)CCN(CC(=O)O)CCN(CC(=O)O)CC2)CSSC[C@@H](C(=O)N[C@@H](Cc2ccc3ccccc3c2)C(N)=O)NC1=O. The summed E-state index contributed by atoms with van der Waals surface area (Å²) in [6, 6.07) is 19.2. The number of nitrogens with zero attached hydrogens (tertiary/aromatic N) is 4. The summed E-state index contributed by atoms with van der Waals surface area (Å²) >= 11 is 6.30. The van der Waals surface area contributed by atoms with Gasteiger partial charge in [0, 0.05) is 130 Å². The highest BCUT2D eigenvalue weighted by atomic mass is 35.5. The van der Waals surface area contributed by atoms with Gasteiger partial charge in [0.1, 0.15) is 48.3 Å². The molecule has 2 aliphatic heterocycles. The van der Waals surface area contributed by atoms with E-state index in [4.69, 9.17) is 43.0 Å². The summed E-state index contributed by atoms with van der Waals surface area (Å²) in [5.41, 5.74) is 20.3. The summed E-state index contributed by atoms with van der Waals surface area (Å²) in [5, 5.41) is 69.7. The van der Waals surface area contributed by atoms with Crippen LogP contribution >= 0.6 is 33.2 Å². The lowest BCUT2D eigenvalue weighted by molar-refractivity contribution is -0.140. The molecule has 1 aromatic heterocycles. The highest BCUT2D eigenvalue weighted by molar-refractivity contribution is 8.76. The summed E-state index contributed by atoms with van der Waals surface area (Å²) in [6.45, 7) is 2.71. The molecule has 5 aromatic carbocycles. The largest absolute Gasteiger partial charge is 0.480 e. The topological polar surface area (TPSA) is 575 Å². The van der Waals surface area contributed by atoms with Crippen LogP contribution in [0, 0.1) is 0 Å². The quantitative estimate of drug-likeness (QED) is 0.0163.